The summed E-state index contributed by atoms with van der Waals surface area (Å²) in [6.07, 6.45) is 0. The highest BCUT2D eigenvalue weighted by molar-refractivity contribution is 7.99. The van der Waals surface area contributed by atoms with E-state index in [4.69, 9.17) is 5.11 Å². The molecule has 0 amide bonds. The molecule has 3 heteroatoms. The van der Waals surface area contributed by atoms with Gasteiger partial charge < -0.3 is 10.4 Å². The van der Waals surface area contributed by atoms with Crippen LogP contribution in [-0.4, -0.2) is 30.3 Å². The Morgan fingerprint density at radius 2 is 1.83 bits per heavy atom. The zero-order chi connectivity index (χ0) is 13.6. The van der Waals surface area contributed by atoms with Crippen molar-refractivity contribution in [3.63, 3.8) is 0 Å². The summed E-state index contributed by atoms with van der Waals surface area (Å²) in [7, 11) is 1.99. The van der Waals surface area contributed by atoms with Gasteiger partial charge in [-0.15, -0.1) is 0 Å². The van der Waals surface area contributed by atoms with Crippen LogP contribution in [0.3, 0.4) is 0 Å². The van der Waals surface area contributed by atoms with Crippen molar-refractivity contribution >= 4 is 11.8 Å². The zero-order valence-electron chi connectivity index (χ0n) is 11.9. The Bertz CT molecular complexity index is 343. The molecule has 1 aromatic carbocycles. The first-order valence-corrected chi connectivity index (χ1v) is 7.61. The number of aliphatic hydroxyl groups excluding tert-OH is 1. The topological polar surface area (TPSA) is 32.3 Å². The third-order valence-electron chi connectivity index (χ3n) is 3.05. The molecule has 102 valence electrons. The monoisotopic (exact) mass is 267 g/mol. The number of rotatable bonds is 6. The maximum Gasteiger partial charge on any atom is 0.0521 e. The van der Waals surface area contributed by atoms with Crippen molar-refractivity contribution in [1.82, 2.24) is 5.32 Å². The Morgan fingerprint density at radius 1 is 1.22 bits per heavy atom. The fourth-order valence-electron chi connectivity index (χ4n) is 1.83. The van der Waals surface area contributed by atoms with Crippen LogP contribution in [0.4, 0.5) is 0 Å². The van der Waals surface area contributed by atoms with E-state index >= 15 is 0 Å². The number of benzene rings is 1. The van der Waals surface area contributed by atoms with E-state index in [1.165, 1.54) is 11.1 Å². The van der Waals surface area contributed by atoms with E-state index in [2.05, 4.69) is 50.4 Å². The summed E-state index contributed by atoms with van der Waals surface area (Å²) >= 11 is 1.78. The molecule has 0 saturated heterocycles. The first-order valence-electron chi connectivity index (χ1n) is 6.45. The summed E-state index contributed by atoms with van der Waals surface area (Å²) in [5, 5.41) is 12.1. The van der Waals surface area contributed by atoms with Gasteiger partial charge in [0, 0.05) is 17.5 Å². The molecule has 0 spiro atoms. The van der Waals surface area contributed by atoms with Crippen LogP contribution in [-0.2, 0) is 5.41 Å². The SMILES string of the molecule is CNC(CSCCO)c1ccc(C(C)(C)C)cc1. The molecule has 1 rings (SSSR count). The highest BCUT2D eigenvalue weighted by Gasteiger charge is 2.14. The van der Waals surface area contributed by atoms with Gasteiger partial charge in [-0.1, -0.05) is 45.0 Å². The first-order chi connectivity index (χ1) is 8.49. The molecule has 0 radical (unpaired) electrons. The fourth-order valence-corrected chi connectivity index (χ4v) is 2.72. The minimum atomic E-state index is 0.208. The summed E-state index contributed by atoms with van der Waals surface area (Å²) in [6, 6.07) is 9.21. The molecule has 18 heavy (non-hydrogen) atoms. The molecule has 0 aliphatic rings. The average molecular weight is 267 g/mol. The normalized spacial score (nSPS) is 13.6. The summed E-state index contributed by atoms with van der Waals surface area (Å²) < 4.78 is 0. The van der Waals surface area contributed by atoms with Crippen LogP contribution in [0.5, 0.6) is 0 Å². The molecule has 2 N–H and O–H groups in total. The number of thioether (sulfide) groups is 1. The third-order valence-corrected chi connectivity index (χ3v) is 4.09. The molecule has 0 bridgehead atoms. The van der Waals surface area contributed by atoms with Gasteiger partial charge in [0.25, 0.3) is 0 Å². The van der Waals surface area contributed by atoms with Crippen molar-refractivity contribution in [3.8, 4) is 0 Å². The molecule has 0 saturated carbocycles. The van der Waals surface area contributed by atoms with Crippen LogP contribution in [0.1, 0.15) is 37.9 Å². The lowest BCUT2D eigenvalue weighted by Gasteiger charge is -2.21. The Labute approximate surface area is 115 Å². The smallest absolute Gasteiger partial charge is 0.0521 e. The molecule has 1 unspecified atom stereocenters. The van der Waals surface area contributed by atoms with Gasteiger partial charge in [0.15, 0.2) is 0 Å². The van der Waals surface area contributed by atoms with Gasteiger partial charge >= 0.3 is 0 Å². The van der Waals surface area contributed by atoms with Crippen LogP contribution in [0.2, 0.25) is 0 Å². The molecule has 1 atom stereocenters. The number of nitrogens with one attached hydrogen (secondary N) is 1. The van der Waals surface area contributed by atoms with E-state index < -0.39 is 0 Å². The molecule has 0 aromatic heterocycles. The van der Waals surface area contributed by atoms with Gasteiger partial charge in [0.1, 0.15) is 0 Å². The van der Waals surface area contributed by atoms with Crippen molar-refractivity contribution in [2.24, 2.45) is 0 Å². The fraction of sp³-hybridized carbons (Fsp3) is 0.600. The molecule has 0 aliphatic heterocycles. The predicted molar refractivity (Wildman–Crippen MR) is 81.4 cm³/mol. The zero-order valence-corrected chi connectivity index (χ0v) is 12.7. The van der Waals surface area contributed by atoms with E-state index in [0.29, 0.717) is 6.04 Å². The second-order valence-electron chi connectivity index (χ2n) is 5.51. The summed E-state index contributed by atoms with van der Waals surface area (Å²) in [5.74, 6) is 1.80. The lowest BCUT2D eigenvalue weighted by molar-refractivity contribution is 0.322. The Morgan fingerprint density at radius 3 is 2.28 bits per heavy atom. The first kappa shape index (κ1) is 15.5. The largest absolute Gasteiger partial charge is 0.396 e. The van der Waals surface area contributed by atoms with Gasteiger partial charge in [-0.25, -0.2) is 0 Å². The number of hydrogen-bond acceptors (Lipinski definition) is 3. The summed E-state index contributed by atoms with van der Waals surface area (Å²) in [4.78, 5) is 0. The standard InChI is InChI=1S/C15H25NOS/c1-15(2,3)13-7-5-12(6-8-13)14(16-4)11-18-10-9-17/h5-8,14,16-17H,9-11H2,1-4H3. The van der Waals surface area contributed by atoms with Gasteiger partial charge in [0.2, 0.25) is 0 Å². The molecule has 0 fully saturated rings. The molecular formula is C15H25NOS. The van der Waals surface area contributed by atoms with Crippen molar-refractivity contribution in [2.75, 3.05) is 25.2 Å². The van der Waals surface area contributed by atoms with Crippen molar-refractivity contribution in [1.29, 1.82) is 0 Å². The summed E-state index contributed by atoms with van der Waals surface area (Å²) in [5.41, 5.74) is 2.89. The minimum absolute atomic E-state index is 0.208. The van der Waals surface area contributed by atoms with E-state index in [-0.39, 0.29) is 12.0 Å². The molecular weight excluding hydrogens is 242 g/mol. The van der Waals surface area contributed by atoms with Gasteiger partial charge in [0.05, 0.1) is 6.61 Å². The van der Waals surface area contributed by atoms with Gasteiger partial charge in [-0.05, 0) is 23.6 Å². The van der Waals surface area contributed by atoms with Crippen LogP contribution in [0, 0.1) is 0 Å². The highest BCUT2D eigenvalue weighted by Crippen LogP contribution is 2.25. The Balaban J connectivity index is 2.69. The molecule has 1 aromatic rings. The van der Waals surface area contributed by atoms with E-state index in [1.807, 2.05) is 7.05 Å². The van der Waals surface area contributed by atoms with E-state index in [0.717, 1.165) is 11.5 Å². The maximum atomic E-state index is 8.81. The van der Waals surface area contributed by atoms with Crippen molar-refractivity contribution < 1.29 is 5.11 Å². The van der Waals surface area contributed by atoms with Gasteiger partial charge in [-0.2, -0.15) is 11.8 Å². The van der Waals surface area contributed by atoms with Crippen molar-refractivity contribution in [3.05, 3.63) is 35.4 Å². The summed E-state index contributed by atoms with van der Waals surface area (Å²) in [6.45, 7) is 6.95. The highest BCUT2D eigenvalue weighted by atomic mass is 32.2. The van der Waals surface area contributed by atoms with Crippen LogP contribution in [0.15, 0.2) is 24.3 Å². The van der Waals surface area contributed by atoms with Crippen molar-refractivity contribution in [2.45, 2.75) is 32.2 Å². The van der Waals surface area contributed by atoms with Crippen LogP contribution < -0.4 is 5.32 Å². The number of hydrogen-bond donors (Lipinski definition) is 2. The molecule has 0 heterocycles. The second kappa shape index (κ2) is 7.17. The number of aliphatic hydroxyl groups is 1. The second-order valence-corrected chi connectivity index (χ2v) is 6.66. The lowest BCUT2D eigenvalue weighted by atomic mass is 9.86. The third kappa shape index (κ3) is 4.63. The molecule has 2 nitrogen and oxygen atoms in total. The Hall–Kier alpha value is -0.510. The van der Waals surface area contributed by atoms with Crippen LogP contribution in [0.25, 0.3) is 0 Å². The predicted octanol–water partition coefficient (Wildman–Crippen LogP) is 2.97. The van der Waals surface area contributed by atoms with E-state index in [1.54, 1.807) is 11.8 Å². The van der Waals surface area contributed by atoms with Crippen LogP contribution >= 0.6 is 11.8 Å². The molecule has 0 aliphatic carbocycles. The lowest BCUT2D eigenvalue weighted by Crippen LogP contribution is -2.19. The van der Waals surface area contributed by atoms with Gasteiger partial charge in [-0.3, -0.25) is 0 Å². The average Bonchev–Trinajstić information content (AvgIpc) is 2.34. The quantitative estimate of drug-likeness (QED) is 0.777. The Kier molecular flexibility index (Phi) is 6.19. The maximum absolute atomic E-state index is 8.81. The van der Waals surface area contributed by atoms with E-state index in [9.17, 15) is 0 Å². The minimum Gasteiger partial charge on any atom is -0.396 e.